The Bertz CT molecular complexity index is 912. The number of hydrogen-bond acceptors (Lipinski definition) is 8. The number of allylic oxidation sites excluding steroid dienone is 4. The first-order valence-electron chi connectivity index (χ1n) is 13.5. The second-order valence-corrected chi connectivity index (χ2v) is 15.7. The summed E-state index contributed by atoms with van der Waals surface area (Å²) >= 11 is 0. The van der Waals surface area contributed by atoms with Crippen molar-refractivity contribution in [3.63, 3.8) is 0 Å². The van der Waals surface area contributed by atoms with Crippen molar-refractivity contribution in [2.24, 2.45) is 34.5 Å². The second kappa shape index (κ2) is 12.4. The van der Waals surface area contributed by atoms with Crippen LogP contribution in [0.1, 0.15) is 66.7 Å². The summed E-state index contributed by atoms with van der Waals surface area (Å²) in [4.78, 5) is 34.9. The highest BCUT2D eigenvalue weighted by molar-refractivity contribution is 8.77. The van der Waals surface area contributed by atoms with E-state index in [-0.39, 0.29) is 40.8 Å². The quantitative estimate of drug-likeness (QED) is 0.247. The predicted octanol–water partition coefficient (Wildman–Crippen LogP) is 5.01. The molecular formula is C29H45NO5S2. The summed E-state index contributed by atoms with van der Waals surface area (Å²) in [7, 11) is 5.88. The third-order valence-corrected chi connectivity index (χ3v) is 12.3. The van der Waals surface area contributed by atoms with E-state index in [2.05, 4.69) is 39.9 Å². The molecule has 4 aliphatic rings. The predicted molar refractivity (Wildman–Crippen MR) is 152 cm³/mol. The number of carbonyl (C=O) groups is 3. The van der Waals surface area contributed by atoms with Crippen molar-refractivity contribution in [2.75, 3.05) is 26.0 Å². The number of rotatable bonds is 8. The summed E-state index contributed by atoms with van der Waals surface area (Å²) in [6.07, 6.45) is 9.08. The number of aliphatic hydroxyl groups is 1. The van der Waals surface area contributed by atoms with Gasteiger partial charge in [-0.05, 0) is 68.6 Å². The number of carbonyl (C=O) groups excluding carboxylic acids is 3. The molecule has 0 amide bonds. The topological polar surface area (TPSA) is 92.7 Å². The monoisotopic (exact) mass is 551 g/mol. The molecule has 0 aromatic carbocycles. The van der Waals surface area contributed by atoms with Gasteiger partial charge in [-0.1, -0.05) is 67.9 Å². The lowest BCUT2D eigenvalue weighted by molar-refractivity contribution is -0.147. The SMILES string of the molecule is CC12C=CC(=O)C=C1CCC1C2C(O)CC2(C)C(C(=O)COC=O)CCC12.CNCCSSC(C)(C)C. The van der Waals surface area contributed by atoms with Crippen LogP contribution < -0.4 is 5.32 Å². The number of aliphatic hydroxyl groups excluding tert-OH is 1. The Morgan fingerprint density at radius 1 is 1.27 bits per heavy atom. The number of nitrogens with one attached hydrogen (secondary N) is 1. The minimum atomic E-state index is -0.511. The molecule has 3 fully saturated rings. The zero-order chi connectivity index (χ0) is 27.4. The molecule has 37 heavy (non-hydrogen) atoms. The van der Waals surface area contributed by atoms with Crippen molar-refractivity contribution in [1.82, 2.24) is 5.32 Å². The van der Waals surface area contributed by atoms with Crippen LogP contribution >= 0.6 is 21.6 Å². The molecule has 7 atom stereocenters. The van der Waals surface area contributed by atoms with Crippen molar-refractivity contribution in [3.05, 3.63) is 23.8 Å². The lowest BCUT2D eigenvalue weighted by atomic mass is 9.46. The van der Waals surface area contributed by atoms with Crippen molar-refractivity contribution >= 4 is 39.6 Å². The number of Topliss-reactive ketones (excluding diaryl/α,β-unsaturated/α-hetero) is 1. The van der Waals surface area contributed by atoms with Gasteiger partial charge in [0.25, 0.3) is 6.47 Å². The molecule has 0 spiro atoms. The highest BCUT2D eigenvalue weighted by Crippen LogP contribution is 2.66. The van der Waals surface area contributed by atoms with Crippen LogP contribution in [0.5, 0.6) is 0 Å². The Kier molecular flexibility index (Phi) is 10.2. The zero-order valence-corrected chi connectivity index (χ0v) is 24.9. The van der Waals surface area contributed by atoms with Gasteiger partial charge in [-0.3, -0.25) is 14.4 Å². The van der Waals surface area contributed by atoms with Crippen LogP contribution in [0, 0.1) is 34.5 Å². The number of hydrogen-bond donors (Lipinski definition) is 2. The maximum atomic E-state index is 12.6. The molecular weight excluding hydrogens is 506 g/mol. The van der Waals surface area contributed by atoms with Gasteiger partial charge in [-0.15, -0.1) is 0 Å². The number of ether oxygens (including phenoxy) is 1. The summed E-state index contributed by atoms with van der Waals surface area (Å²) in [5.41, 5.74) is 0.611. The van der Waals surface area contributed by atoms with E-state index in [4.69, 9.17) is 4.74 Å². The Labute approximate surface area is 230 Å². The number of fused-ring (bicyclic) bond motifs is 5. The molecule has 7 unspecified atom stereocenters. The summed E-state index contributed by atoms with van der Waals surface area (Å²) in [5.74, 6) is 1.84. The molecule has 0 heterocycles. The van der Waals surface area contributed by atoms with Crippen LogP contribution in [-0.2, 0) is 19.1 Å². The fourth-order valence-electron chi connectivity index (χ4n) is 7.43. The van der Waals surface area contributed by atoms with E-state index in [1.54, 1.807) is 12.2 Å². The first-order valence-corrected chi connectivity index (χ1v) is 15.8. The van der Waals surface area contributed by atoms with Gasteiger partial charge in [-0.25, -0.2) is 0 Å². The van der Waals surface area contributed by atoms with Crippen LogP contribution in [0.3, 0.4) is 0 Å². The minimum absolute atomic E-state index is 0.0245. The fourth-order valence-corrected chi connectivity index (χ4v) is 9.72. The van der Waals surface area contributed by atoms with Crippen LogP contribution in [0.25, 0.3) is 0 Å². The van der Waals surface area contributed by atoms with Gasteiger partial charge in [0, 0.05) is 34.3 Å². The Hall–Kier alpha value is -1.09. The summed E-state index contributed by atoms with van der Waals surface area (Å²) in [5, 5.41) is 14.3. The van der Waals surface area contributed by atoms with E-state index in [1.165, 1.54) is 5.75 Å². The molecule has 0 radical (unpaired) electrons. The average molecular weight is 552 g/mol. The Balaban J connectivity index is 0.000000325. The molecule has 0 saturated heterocycles. The Morgan fingerprint density at radius 2 is 2.00 bits per heavy atom. The molecule has 208 valence electrons. The number of ketones is 2. The first-order chi connectivity index (χ1) is 17.4. The molecule has 4 aliphatic carbocycles. The van der Waals surface area contributed by atoms with Gasteiger partial charge in [0.05, 0.1) is 6.10 Å². The van der Waals surface area contributed by atoms with Crippen LogP contribution in [0.2, 0.25) is 0 Å². The van der Waals surface area contributed by atoms with Crippen LogP contribution in [-0.4, -0.2) is 59.9 Å². The zero-order valence-electron chi connectivity index (χ0n) is 23.2. The maximum absolute atomic E-state index is 12.6. The minimum Gasteiger partial charge on any atom is -0.460 e. The summed E-state index contributed by atoms with van der Waals surface area (Å²) in [6, 6.07) is 0. The third-order valence-electron chi connectivity index (χ3n) is 8.92. The van der Waals surface area contributed by atoms with E-state index in [0.29, 0.717) is 29.5 Å². The van der Waals surface area contributed by atoms with Gasteiger partial charge < -0.3 is 15.2 Å². The fraction of sp³-hybridized carbons (Fsp3) is 0.759. The van der Waals surface area contributed by atoms with Crippen LogP contribution in [0.15, 0.2) is 23.8 Å². The maximum Gasteiger partial charge on any atom is 0.293 e. The van der Waals surface area contributed by atoms with Crippen molar-refractivity contribution in [1.29, 1.82) is 0 Å². The Morgan fingerprint density at radius 3 is 2.65 bits per heavy atom. The van der Waals surface area contributed by atoms with E-state index in [0.717, 1.165) is 37.8 Å². The van der Waals surface area contributed by atoms with Gasteiger partial charge in [0.15, 0.2) is 11.6 Å². The van der Waals surface area contributed by atoms with Crippen molar-refractivity contribution in [2.45, 2.75) is 77.6 Å². The van der Waals surface area contributed by atoms with Gasteiger partial charge >= 0.3 is 0 Å². The first kappa shape index (κ1) is 30.5. The van der Waals surface area contributed by atoms with Crippen molar-refractivity contribution in [3.8, 4) is 0 Å². The standard InChI is InChI=1S/C22H28O5.C7H17NS2/c1-21-8-7-14(24)9-13(21)3-4-15-16-5-6-17(19(26)11-27-12-23)22(16,2)10-18(25)20(15)21;1-7(2,3)10-9-6-5-8-4/h7-9,12,15-18,20,25H,3-6,10-11H2,1-2H3;8H,5-6H2,1-4H3. The second-order valence-electron chi connectivity index (χ2n) is 12.4. The normalized spacial score (nSPS) is 36.4. The highest BCUT2D eigenvalue weighted by atomic mass is 33.1. The molecule has 0 bridgehead atoms. The largest absolute Gasteiger partial charge is 0.460 e. The van der Waals surface area contributed by atoms with Crippen LogP contribution in [0.4, 0.5) is 0 Å². The third kappa shape index (κ3) is 6.74. The summed E-state index contributed by atoms with van der Waals surface area (Å²) < 4.78 is 5.12. The summed E-state index contributed by atoms with van der Waals surface area (Å²) in [6.45, 7) is 12.3. The van der Waals surface area contributed by atoms with Gasteiger partial charge in [-0.2, -0.15) is 0 Å². The lowest BCUT2D eigenvalue weighted by Crippen LogP contribution is -2.56. The molecule has 0 aromatic rings. The molecule has 4 rings (SSSR count). The van der Waals surface area contributed by atoms with Gasteiger partial charge in [0.1, 0.15) is 6.61 Å². The van der Waals surface area contributed by atoms with E-state index in [1.807, 2.05) is 34.7 Å². The molecule has 3 saturated carbocycles. The molecule has 0 aliphatic heterocycles. The van der Waals surface area contributed by atoms with E-state index >= 15 is 0 Å². The van der Waals surface area contributed by atoms with Crippen molar-refractivity contribution < 1.29 is 24.2 Å². The van der Waals surface area contributed by atoms with E-state index < -0.39 is 6.10 Å². The molecule has 6 nitrogen and oxygen atoms in total. The van der Waals surface area contributed by atoms with E-state index in [9.17, 15) is 19.5 Å². The lowest BCUT2D eigenvalue weighted by Gasteiger charge is -2.58. The van der Waals surface area contributed by atoms with Gasteiger partial charge in [0.2, 0.25) is 0 Å². The molecule has 8 heteroatoms. The molecule has 2 N–H and O–H groups in total. The smallest absolute Gasteiger partial charge is 0.293 e. The average Bonchev–Trinajstić information content (AvgIpc) is 3.17. The molecule has 0 aromatic heterocycles. The highest BCUT2D eigenvalue weighted by Gasteiger charge is 2.62.